The molecule has 0 fully saturated rings. The number of amides is 1. The van der Waals surface area contributed by atoms with Gasteiger partial charge in [-0.2, -0.15) is 16.3 Å². The van der Waals surface area contributed by atoms with Crippen LogP contribution in [0.3, 0.4) is 0 Å². The lowest BCUT2D eigenvalue weighted by molar-refractivity contribution is -0.145. The molecule has 2 heterocycles. The molecule has 0 radical (unpaired) electrons. The fourth-order valence-corrected chi connectivity index (χ4v) is 2.77. The molecule has 0 unspecified atom stereocenters. The van der Waals surface area contributed by atoms with Gasteiger partial charge in [0.2, 0.25) is 17.6 Å². The predicted octanol–water partition coefficient (Wildman–Crippen LogP) is 2.59. The lowest BCUT2D eigenvalue weighted by Gasteiger charge is -2.06. The van der Waals surface area contributed by atoms with Crippen LogP contribution in [0.25, 0.3) is 11.4 Å². The van der Waals surface area contributed by atoms with E-state index in [9.17, 15) is 9.59 Å². The van der Waals surface area contributed by atoms with E-state index in [1.807, 2.05) is 47.2 Å². The molecule has 8 heteroatoms. The monoisotopic (exact) mass is 371 g/mol. The van der Waals surface area contributed by atoms with Crippen molar-refractivity contribution in [2.24, 2.45) is 0 Å². The van der Waals surface area contributed by atoms with E-state index in [4.69, 9.17) is 9.26 Å². The predicted molar refractivity (Wildman–Crippen MR) is 95.2 cm³/mol. The van der Waals surface area contributed by atoms with Crippen LogP contribution in [0.15, 0.2) is 51.7 Å². The van der Waals surface area contributed by atoms with Crippen LogP contribution in [0.1, 0.15) is 17.9 Å². The van der Waals surface area contributed by atoms with Crippen LogP contribution >= 0.6 is 11.3 Å². The van der Waals surface area contributed by atoms with E-state index in [-0.39, 0.29) is 25.5 Å². The molecule has 0 saturated heterocycles. The normalized spacial score (nSPS) is 10.5. The van der Waals surface area contributed by atoms with E-state index in [0.717, 1.165) is 11.1 Å². The van der Waals surface area contributed by atoms with Crippen molar-refractivity contribution in [3.63, 3.8) is 0 Å². The van der Waals surface area contributed by atoms with Gasteiger partial charge in [-0.15, -0.1) is 0 Å². The van der Waals surface area contributed by atoms with Gasteiger partial charge in [0, 0.05) is 23.8 Å². The Kier molecular flexibility index (Phi) is 6.10. The second kappa shape index (κ2) is 8.91. The molecule has 3 rings (SSSR count). The highest BCUT2D eigenvalue weighted by Crippen LogP contribution is 2.18. The van der Waals surface area contributed by atoms with Crippen LogP contribution in [0.5, 0.6) is 0 Å². The fourth-order valence-electron chi connectivity index (χ4n) is 2.13. The minimum Gasteiger partial charge on any atom is -0.460 e. The maximum Gasteiger partial charge on any atom is 0.325 e. The van der Waals surface area contributed by atoms with Crippen molar-refractivity contribution in [2.45, 2.75) is 19.4 Å². The zero-order chi connectivity index (χ0) is 18.2. The first kappa shape index (κ1) is 17.8. The Bertz CT molecular complexity index is 846. The zero-order valence-corrected chi connectivity index (χ0v) is 14.7. The van der Waals surface area contributed by atoms with E-state index in [2.05, 4.69) is 15.5 Å². The number of aromatic nitrogens is 2. The highest BCUT2D eigenvalue weighted by molar-refractivity contribution is 7.08. The molecular formula is C18H17N3O4S. The van der Waals surface area contributed by atoms with Crippen molar-refractivity contribution < 1.29 is 18.8 Å². The van der Waals surface area contributed by atoms with Crippen LogP contribution in [-0.2, 0) is 27.4 Å². The van der Waals surface area contributed by atoms with E-state index in [0.29, 0.717) is 18.1 Å². The zero-order valence-electron chi connectivity index (χ0n) is 13.9. The largest absolute Gasteiger partial charge is 0.460 e. The Morgan fingerprint density at radius 3 is 2.81 bits per heavy atom. The summed E-state index contributed by atoms with van der Waals surface area (Å²) >= 11 is 1.54. The van der Waals surface area contributed by atoms with Gasteiger partial charge in [-0.25, -0.2) is 0 Å². The molecule has 0 spiro atoms. The molecule has 2 aromatic heterocycles. The highest BCUT2D eigenvalue weighted by Gasteiger charge is 2.12. The maximum absolute atomic E-state index is 11.8. The molecule has 0 bridgehead atoms. The van der Waals surface area contributed by atoms with Crippen molar-refractivity contribution >= 4 is 23.2 Å². The number of ether oxygens (including phenoxy) is 1. The van der Waals surface area contributed by atoms with Crippen LogP contribution in [0.2, 0.25) is 0 Å². The molecule has 0 aliphatic heterocycles. The van der Waals surface area contributed by atoms with Crippen molar-refractivity contribution in [2.75, 3.05) is 6.54 Å². The lowest BCUT2D eigenvalue weighted by Crippen LogP contribution is -2.30. The summed E-state index contributed by atoms with van der Waals surface area (Å²) in [5, 5.41) is 10.2. The average molecular weight is 371 g/mol. The first-order valence-corrected chi connectivity index (χ1v) is 8.96. The first-order chi connectivity index (χ1) is 12.7. The maximum atomic E-state index is 11.8. The molecule has 3 aromatic rings. The third-order valence-electron chi connectivity index (χ3n) is 3.49. The van der Waals surface area contributed by atoms with Crippen LogP contribution < -0.4 is 5.32 Å². The second-order valence-electron chi connectivity index (χ2n) is 5.45. The molecule has 1 aromatic carbocycles. The average Bonchev–Trinajstić information content (AvgIpc) is 3.35. The van der Waals surface area contributed by atoms with Crippen LogP contribution in [-0.4, -0.2) is 28.6 Å². The number of carbonyl (C=O) groups is 2. The number of aryl methyl sites for hydroxylation is 1. The Balaban J connectivity index is 1.36. The molecule has 0 atom stereocenters. The number of nitrogens with one attached hydrogen (secondary N) is 1. The van der Waals surface area contributed by atoms with Crippen molar-refractivity contribution in [1.29, 1.82) is 0 Å². The van der Waals surface area contributed by atoms with Gasteiger partial charge in [-0.05, 0) is 17.0 Å². The third-order valence-corrected chi connectivity index (χ3v) is 4.17. The molecule has 0 saturated carbocycles. The standard InChI is InChI=1S/C18H17N3O4S/c22-15(19-10-17(23)24-11-13-4-2-1-3-5-13)6-7-16-20-18(21-25-16)14-8-9-26-12-14/h1-5,8-9,12H,6-7,10-11H2,(H,19,22). The molecule has 26 heavy (non-hydrogen) atoms. The number of benzene rings is 1. The quantitative estimate of drug-likeness (QED) is 0.612. The highest BCUT2D eigenvalue weighted by atomic mass is 32.1. The summed E-state index contributed by atoms with van der Waals surface area (Å²) in [6.45, 7) is 0.0124. The number of hydrogen-bond acceptors (Lipinski definition) is 7. The first-order valence-electron chi connectivity index (χ1n) is 8.02. The van der Waals surface area contributed by atoms with Crippen molar-refractivity contribution in [3.05, 3.63) is 58.6 Å². The summed E-state index contributed by atoms with van der Waals surface area (Å²) in [5.41, 5.74) is 1.78. The number of thiophene rings is 1. The Morgan fingerprint density at radius 1 is 1.19 bits per heavy atom. The molecule has 7 nitrogen and oxygen atoms in total. The molecule has 0 aliphatic rings. The Labute approximate surface area is 154 Å². The minimum absolute atomic E-state index is 0.150. The van der Waals surface area contributed by atoms with Crippen LogP contribution in [0, 0.1) is 0 Å². The Morgan fingerprint density at radius 2 is 2.04 bits per heavy atom. The molecular weight excluding hydrogens is 354 g/mol. The topological polar surface area (TPSA) is 94.3 Å². The number of hydrogen-bond donors (Lipinski definition) is 1. The summed E-state index contributed by atoms with van der Waals surface area (Å²) in [5.74, 6) is 0.121. The second-order valence-corrected chi connectivity index (χ2v) is 6.23. The molecule has 1 amide bonds. The van der Waals surface area contributed by atoms with E-state index < -0.39 is 5.97 Å². The van der Waals surface area contributed by atoms with Crippen molar-refractivity contribution in [3.8, 4) is 11.4 Å². The number of nitrogens with zero attached hydrogens (tertiary/aromatic N) is 2. The Hall–Kier alpha value is -3.00. The fraction of sp³-hybridized carbons (Fsp3) is 0.222. The summed E-state index contributed by atoms with van der Waals surface area (Å²) in [6, 6.07) is 11.2. The van der Waals surface area contributed by atoms with Crippen molar-refractivity contribution in [1.82, 2.24) is 15.5 Å². The van der Waals surface area contributed by atoms with Gasteiger partial charge < -0.3 is 14.6 Å². The lowest BCUT2D eigenvalue weighted by atomic mass is 10.2. The van der Waals surface area contributed by atoms with Gasteiger partial charge in [0.1, 0.15) is 13.2 Å². The van der Waals surface area contributed by atoms with Gasteiger partial charge in [0.05, 0.1) is 0 Å². The van der Waals surface area contributed by atoms with Crippen LogP contribution in [0.4, 0.5) is 0 Å². The van der Waals surface area contributed by atoms with Gasteiger partial charge in [-0.3, -0.25) is 9.59 Å². The smallest absolute Gasteiger partial charge is 0.325 e. The van der Waals surface area contributed by atoms with Gasteiger partial charge in [0.15, 0.2) is 0 Å². The molecule has 134 valence electrons. The summed E-state index contributed by atoms with van der Waals surface area (Å²) in [4.78, 5) is 27.7. The number of esters is 1. The summed E-state index contributed by atoms with van der Waals surface area (Å²) in [7, 11) is 0. The number of carbonyl (C=O) groups excluding carboxylic acids is 2. The molecule has 0 aliphatic carbocycles. The van der Waals surface area contributed by atoms with E-state index in [1.165, 1.54) is 0 Å². The van der Waals surface area contributed by atoms with Gasteiger partial charge in [-0.1, -0.05) is 35.5 Å². The number of rotatable bonds is 8. The van der Waals surface area contributed by atoms with E-state index in [1.54, 1.807) is 11.3 Å². The van der Waals surface area contributed by atoms with Gasteiger partial charge >= 0.3 is 5.97 Å². The SMILES string of the molecule is O=C(CCc1nc(-c2ccsc2)no1)NCC(=O)OCc1ccccc1. The summed E-state index contributed by atoms with van der Waals surface area (Å²) in [6.07, 6.45) is 0.458. The third kappa shape index (κ3) is 5.25. The van der Waals surface area contributed by atoms with E-state index >= 15 is 0 Å². The summed E-state index contributed by atoms with van der Waals surface area (Å²) < 4.78 is 10.2. The minimum atomic E-state index is -0.486. The molecule has 1 N–H and O–H groups in total. The van der Waals surface area contributed by atoms with Gasteiger partial charge in [0.25, 0.3) is 0 Å².